The summed E-state index contributed by atoms with van der Waals surface area (Å²) in [5.41, 5.74) is -0.515. The summed E-state index contributed by atoms with van der Waals surface area (Å²) in [5, 5.41) is 3.49. The Bertz CT molecular complexity index is 706. The second-order valence-electron chi connectivity index (χ2n) is 7.82. The highest BCUT2D eigenvalue weighted by molar-refractivity contribution is 5.95. The summed E-state index contributed by atoms with van der Waals surface area (Å²) in [7, 11) is 0. The first-order valence-corrected chi connectivity index (χ1v) is 9.82. The van der Waals surface area contributed by atoms with Crippen LogP contribution in [0.3, 0.4) is 0 Å². The first-order valence-electron chi connectivity index (χ1n) is 9.82. The number of carbonyl (C=O) groups excluding carboxylic acids is 2. The van der Waals surface area contributed by atoms with Gasteiger partial charge >= 0.3 is 0 Å². The van der Waals surface area contributed by atoms with E-state index in [4.69, 9.17) is 0 Å². The van der Waals surface area contributed by atoms with E-state index in [0.29, 0.717) is 25.0 Å². The normalized spacial score (nSPS) is 27.1. The zero-order valence-electron chi connectivity index (χ0n) is 15.7. The lowest BCUT2D eigenvalue weighted by atomic mass is 9.85. The van der Waals surface area contributed by atoms with Gasteiger partial charge in [-0.25, -0.2) is 8.78 Å². The molecule has 3 fully saturated rings. The van der Waals surface area contributed by atoms with Crippen LogP contribution in [0, 0.1) is 17.6 Å². The molecule has 3 atom stereocenters. The summed E-state index contributed by atoms with van der Waals surface area (Å²) in [6.07, 6.45) is 5.70. The fourth-order valence-corrected chi connectivity index (χ4v) is 4.72. The topological polar surface area (TPSA) is 52.7 Å². The second kappa shape index (κ2) is 8.74. The van der Waals surface area contributed by atoms with Crippen LogP contribution in [-0.4, -0.2) is 59.9 Å². The second-order valence-corrected chi connectivity index (χ2v) is 7.82. The highest BCUT2D eigenvalue weighted by atomic mass is 35.5. The van der Waals surface area contributed by atoms with Crippen LogP contribution >= 0.6 is 12.4 Å². The molecule has 3 unspecified atom stereocenters. The molecule has 28 heavy (non-hydrogen) atoms. The summed E-state index contributed by atoms with van der Waals surface area (Å²) >= 11 is 0. The number of hydrogen-bond acceptors (Lipinski definition) is 3. The lowest BCUT2D eigenvalue weighted by Crippen LogP contribution is -2.54. The minimum absolute atomic E-state index is 0. The number of benzene rings is 1. The number of amides is 2. The van der Waals surface area contributed by atoms with Crippen molar-refractivity contribution in [1.82, 2.24) is 15.1 Å². The minimum Gasteiger partial charge on any atom is -0.338 e. The predicted molar refractivity (Wildman–Crippen MR) is 103 cm³/mol. The molecule has 1 aliphatic carbocycles. The van der Waals surface area contributed by atoms with Gasteiger partial charge in [-0.2, -0.15) is 0 Å². The Morgan fingerprint density at radius 3 is 2.21 bits per heavy atom. The van der Waals surface area contributed by atoms with Gasteiger partial charge < -0.3 is 15.1 Å². The number of nitrogens with zero attached hydrogens (tertiary/aromatic N) is 2. The van der Waals surface area contributed by atoms with Gasteiger partial charge in [0.1, 0.15) is 17.2 Å². The molecule has 3 aliphatic rings. The van der Waals surface area contributed by atoms with Gasteiger partial charge in [0.25, 0.3) is 5.91 Å². The maximum Gasteiger partial charge on any atom is 0.259 e. The van der Waals surface area contributed by atoms with Gasteiger partial charge in [0, 0.05) is 32.2 Å². The molecule has 0 spiro atoms. The van der Waals surface area contributed by atoms with Crippen molar-refractivity contribution in [3.63, 3.8) is 0 Å². The highest BCUT2D eigenvalue weighted by Crippen LogP contribution is 2.33. The van der Waals surface area contributed by atoms with Gasteiger partial charge in [-0.1, -0.05) is 18.9 Å². The highest BCUT2D eigenvalue weighted by Gasteiger charge is 2.40. The van der Waals surface area contributed by atoms with Crippen molar-refractivity contribution in [3.05, 3.63) is 35.4 Å². The molecule has 5 nitrogen and oxygen atoms in total. The molecule has 1 saturated carbocycles. The standard InChI is InChI=1S/C20H25F2N3O2.ClH/c21-14-5-3-6-15(22)18(14)20(27)25-10-8-24(9-11-25)19(26)17-12-13-4-1-2-7-16(13)23-17;/h3,5-6,13,16-17,23H,1-2,4,7-12H2;1H. The summed E-state index contributed by atoms with van der Waals surface area (Å²) in [5.74, 6) is -1.66. The first kappa shape index (κ1) is 21.0. The van der Waals surface area contributed by atoms with Crippen molar-refractivity contribution in [2.75, 3.05) is 26.2 Å². The molecule has 2 heterocycles. The van der Waals surface area contributed by atoms with Crippen LogP contribution < -0.4 is 5.32 Å². The van der Waals surface area contributed by atoms with Crippen molar-refractivity contribution in [1.29, 1.82) is 0 Å². The summed E-state index contributed by atoms with van der Waals surface area (Å²) in [6.45, 7) is 1.37. The van der Waals surface area contributed by atoms with Crippen LogP contribution in [0.5, 0.6) is 0 Å². The van der Waals surface area contributed by atoms with Crippen molar-refractivity contribution >= 4 is 24.2 Å². The van der Waals surface area contributed by atoms with Gasteiger partial charge in [-0.3, -0.25) is 9.59 Å². The Morgan fingerprint density at radius 2 is 1.57 bits per heavy atom. The molecule has 1 aromatic carbocycles. The lowest BCUT2D eigenvalue weighted by molar-refractivity contribution is -0.134. The number of carbonyl (C=O) groups is 2. The molecule has 0 aromatic heterocycles. The van der Waals surface area contributed by atoms with E-state index >= 15 is 0 Å². The van der Waals surface area contributed by atoms with Gasteiger partial charge in [0.15, 0.2) is 0 Å². The Morgan fingerprint density at radius 1 is 0.964 bits per heavy atom. The number of hydrogen-bond donors (Lipinski definition) is 1. The maximum absolute atomic E-state index is 13.9. The first-order chi connectivity index (χ1) is 13.0. The molecule has 2 amide bonds. The van der Waals surface area contributed by atoms with E-state index in [9.17, 15) is 18.4 Å². The molecular formula is C20H26ClF2N3O2. The van der Waals surface area contributed by atoms with Crippen LogP contribution in [0.1, 0.15) is 42.5 Å². The molecule has 1 N–H and O–H groups in total. The fraction of sp³-hybridized carbons (Fsp3) is 0.600. The lowest BCUT2D eigenvalue weighted by Gasteiger charge is -2.36. The molecule has 0 bridgehead atoms. The van der Waals surface area contributed by atoms with E-state index in [0.717, 1.165) is 25.0 Å². The van der Waals surface area contributed by atoms with Gasteiger partial charge in [-0.15, -0.1) is 12.4 Å². The van der Waals surface area contributed by atoms with Crippen LogP contribution in [0.2, 0.25) is 0 Å². The van der Waals surface area contributed by atoms with E-state index in [1.54, 1.807) is 4.90 Å². The fourth-order valence-electron chi connectivity index (χ4n) is 4.72. The third-order valence-corrected chi connectivity index (χ3v) is 6.22. The summed E-state index contributed by atoms with van der Waals surface area (Å²) in [4.78, 5) is 28.5. The third kappa shape index (κ3) is 4.01. The number of nitrogens with one attached hydrogen (secondary N) is 1. The predicted octanol–water partition coefficient (Wildman–Crippen LogP) is 2.59. The van der Waals surface area contributed by atoms with Crippen LogP contribution in [-0.2, 0) is 4.79 Å². The van der Waals surface area contributed by atoms with Crippen molar-refractivity contribution in [2.24, 2.45) is 5.92 Å². The molecule has 4 rings (SSSR count). The number of halogens is 3. The molecule has 2 saturated heterocycles. The van der Waals surface area contributed by atoms with Crippen LogP contribution in [0.15, 0.2) is 18.2 Å². The smallest absolute Gasteiger partial charge is 0.259 e. The van der Waals surface area contributed by atoms with Crippen molar-refractivity contribution < 1.29 is 18.4 Å². The van der Waals surface area contributed by atoms with Crippen LogP contribution in [0.25, 0.3) is 0 Å². The quantitative estimate of drug-likeness (QED) is 0.810. The molecule has 0 radical (unpaired) electrons. The van der Waals surface area contributed by atoms with Gasteiger partial charge in [0.2, 0.25) is 5.91 Å². The van der Waals surface area contributed by atoms with Gasteiger partial charge in [0.05, 0.1) is 6.04 Å². The molecule has 1 aromatic rings. The Kier molecular flexibility index (Phi) is 6.55. The Labute approximate surface area is 169 Å². The summed E-state index contributed by atoms with van der Waals surface area (Å²) < 4.78 is 27.7. The monoisotopic (exact) mass is 413 g/mol. The average Bonchev–Trinajstić information content (AvgIpc) is 3.11. The minimum atomic E-state index is -0.851. The average molecular weight is 414 g/mol. The van der Waals surface area contributed by atoms with Crippen LogP contribution in [0.4, 0.5) is 8.78 Å². The number of piperazine rings is 1. The zero-order valence-corrected chi connectivity index (χ0v) is 16.5. The molecule has 2 aliphatic heterocycles. The van der Waals surface area contributed by atoms with Crippen molar-refractivity contribution in [2.45, 2.75) is 44.2 Å². The van der Waals surface area contributed by atoms with E-state index in [1.807, 2.05) is 0 Å². The number of fused-ring (bicyclic) bond motifs is 1. The van der Waals surface area contributed by atoms with E-state index in [1.165, 1.54) is 30.2 Å². The SMILES string of the molecule is Cl.O=C(c1c(F)cccc1F)N1CCN(C(=O)C2CC3CCCCC3N2)CC1. The van der Waals surface area contributed by atoms with Gasteiger partial charge in [-0.05, 0) is 37.3 Å². The van der Waals surface area contributed by atoms with E-state index in [2.05, 4.69) is 5.32 Å². The van der Waals surface area contributed by atoms with E-state index in [-0.39, 0.29) is 37.4 Å². The maximum atomic E-state index is 13.9. The van der Waals surface area contributed by atoms with E-state index < -0.39 is 23.1 Å². The molecule has 154 valence electrons. The molecule has 8 heteroatoms. The summed E-state index contributed by atoms with van der Waals surface area (Å²) in [6, 6.07) is 3.73. The Balaban J connectivity index is 0.00000225. The largest absolute Gasteiger partial charge is 0.338 e. The Hall–Kier alpha value is -1.73. The number of rotatable bonds is 2. The molecular weight excluding hydrogens is 388 g/mol. The zero-order chi connectivity index (χ0) is 19.0. The third-order valence-electron chi connectivity index (χ3n) is 6.22. The van der Waals surface area contributed by atoms with Crippen molar-refractivity contribution in [3.8, 4) is 0 Å².